The van der Waals surface area contributed by atoms with Crippen LogP contribution in [0, 0.1) is 0 Å². The van der Waals surface area contributed by atoms with Crippen LogP contribution >= 0.6 is 0 Å². The predicted molar refractivity (Wildman–Crippen MR) is 56.8 cm³/mol. The monoisotopic (exact) mass is 222 g/mol. The maximum absolute atomic E-state index is 11.7. The molecule has 1 unspecified atom stereocenters. The molecule has 0 saturated carbocycles. The van der Waals surface area contributed by atoms with Crippen molar-refractivity contribution in [3.05, 3.63) is 35.9 Å². The van der Waals surface area contributed by atoms with Gasteiger partial charge in [0.25, 0.3) is 0 Å². The van der Waals surface area contributed by atoms with E-state index >= 15 is 0 Å². The number of hydrogen-bond acceptors (Lipinski definition) is 4. The SMILES string of the molecule is CC1(C)OCC(OC(=O)c2ccccc2)O1. The van der Waals surface area contributed by atoms with Gasteiger partial charge in [0.1, 0.15) is 6.61 Å². The second-order valence-corrected chi connectivity index (χ2v) is 4.03. The fourth-order valence-corrected chi connectivity index (χ4v) is 1.47. The minimum Gasteiger partial charge on any atom is -0.429 e. The summed E-state index contributed by atoms with van der Waals surface area (Å²) in [6.07, 6.45) is -0.622. The van der Waals surface area contributed by atoms with E-state index in [9.17, 15) is 4.79 Å². The van der Waals surface area contributed by atoms with Crippen LogP contribution in [0.2, 0.25) is 0 Å². The molecule has 1 aliphatic rings. The van der Waals surface area contributed by atoms with Crippen molar-refractivity contribution in [1.29, 1.82) is 0 Å². The topological polar surface area (TPSA) is 44.8 Å². The van der Waals surface area contributed by atoms with Crippen molar-refractivity contribution in [3.63, 3.8) is 0 Å². The van der Waals surface area contributed by atoms with Crippen LogP contribution in [0.1, 0.15) is 24.2 Å². The highest BCUT2D eigenvalue weighted by Gasteiger charge is 2.35. The summed E-state index contributed by atoms with van der Waals surface area (Å²) in [5.74, 6) is -1.08. The van der Waals surface area contributed by atoms with Crippen molar-refractivity contribution in [3.8, 4) is 0 Å². The van der Waals surface area contributed by atoms with E-state index in [1.54, 1.807) is 38.1 Å². The van der Waals surface area contributed by atoms with Gasteiger partial charge in [-0.05, 0) is 26.0 Å². The van der Waals surface area contributed by atoms with Gasteiger partial charge in [-0.2, -0.15) is 0 Å². The highest BCUT2D eigenvalue weighted by Crippen LogP contribution is 2.23. The van der Waals surface area contributed by atoms with Crippen LogP contribution in [-0.4, -0.2) is 24.7 Å². The largest absolute Gasteiger partial charge is 0.429 e. The Balaban J connectivity index is 1.94. The first-order valence-electron chi connectivity index (χ1n) is 5.15. The summed E-state index contributed by atoms with van der Waals surface area (Å²) in [4.78, 5) is 11.7. The minimum atomic E-state index is -0.679. The predicted octanol–water partition coefficient (Wildman–Crippen LogP) is 1.95. The minimum absolute atomic E-state index is 0.269. The Morgan fingerprint density at radius 1 is 1.38 bits per heavy atom. The van der Waals surface area contributed by atoms with Crippen molar-refractivity contribution >= 4 is 5.97 Å². The van der Waals surface area contributed by atoms with Crippen molar-refractivity contribution in [1.82, 2.24) is 0 Å². The fourth-order valence-electron chi connectivity index (χ4n) is 1.47. The summed E-state index contributed by atoms with van der Waals surface area (Å²) in [5.41, 5.74) is 0.510. The molecule has 16 heavy (non-hydrogen) atoms. The Kier molecular flexibility index (Phi) is 2.94. The summed E-state index contributed by atoms with van der Waals surface area (Å²) < 4.78 is 15.8. The second-order valence-electron chi connectivity index (χ2n) is 4.03. The van der Waals surface area contributed by atoms with Gasteiger partial charge in [-0.25, -0.2) is 4.79 Å². The zero-order valence-corrected chi connectivity index (χ0v) is 9.30. The lowest BCUT2D eigenvalue weighted by molar-refractivity contribution is -0.175. The molecule has 1 heterocycles. The smallest absolute Gasteiger partial charge is 0.340 e. The number of benzene rings is 1. The zero-order valence-electron chi connectivity index (χ0n) is 9.30. The normalized spacial score (nSPS) is 23.0. The van der Waals surface area contributed by atoms with E-state index in [0.717, 1.165) is 0 Å². The van der Waals surface area contributed by atoms with E-state index in [-0.39, 0.29) is 6.61 Å². The lowest BCUT2D eigenvalue weighted by Gasteiger charge is -2.16. The van der Waals surface area contributed by atoms with Crippen LogP contribution in [-0.2, 0) is 14.2 Å². The Morgan fingerprint density at radius 2 is 2.06 bits per heavy atom. The standard InChI is InChI=1S/C12H14O4/c1-12(2)14-8-10(16-12)15-11(13)9-6-4-3-5-7-9/h3-7,10H,8H2,1-2H3. The summed E-state index contributed by atoms with van der Waals surface area (Å²) in [6.45, 7) is 3.83. The van der Waals surface area contributed by atoms with Crippen LogP contribution in [0.3, 0.4) is 0 Å². The Bertz CT molecular complexity index is 372. The summed E-state index contributed by atoms with van der Waals surface area (Å²) in [6, 6.07) is 8.81. The third kappa shape index (κ3) is 2.59. The lowest BCUT2D eigenvalue weighted by atomic mass is 10.2. The first-order valence-corrected chi connectivity index (χ1v) is 5.15. The number of hydrogen-bond donors (Lipinski definition) is 0. The molecule has 1 aliphatic heterocycles. The third-order valence-corrected chi connectivity index (χ3v) is 2.23. The highest BCUT2D eigenvalue weighted by atomic mass is 16.8. The van der Waals surface area contributed by atoms with Crippen molar-refractivity contribution in [2.24, 2.45) is 0 Å². The van der Waals surface area contributed by atoms with Gasteiger partial charge in [0.2, 0.25) is 6.29 Å². The molecule has 4 nitrogen and oxygen atoms in total. The molecule has 1 fully saturated rings. The number of carbonyl (C=O) groups excluding carboxylic acids is 1. The van der Waals surface area contributed by atoms with Crippen LogP contribution in [0.5, 0.6) is 0 Å². The van der Waals surface area contributed by atoms with E-state index < -0.39 is 18.0 Å². The molecule has 1 aromatic carbocycles. The maximum atomic E-state index is 11.7. The molecule has 0 bridgehead atoms. The number of rotatable bonds is 2. The van der Waals surface area contributed by atoms with Gasteiger partial charge in [0.05, 0.1) is 5.56 Å². The average Bonchev–Trinajstić information content (AvgIpc) is 2.59. The summed E-state index contributed by atoms with van der Waals surface area (Å²) in [7, 11) is 0. The van der Waals surface area contributed by atoms with Gasteiger partial charge in [-0.15, -0.1) is 0 Å². The third-order valence-electron chi connectivity index (χ3n) is 2.23. The number of carbonyl (C=O) groups is 1. The second kappa shape index (κ2) is 4.23. The molecule has 0 aromatic heterocycles. The summed E-state index contributed by atoms with van der Waals surface area (Å²) in [5, 5.41) is 0. The Hall–Kier alpha value is -1.39. The molecule has 4 heteroatoms. The molecule has 0 N–H and O–H groups in total. The van der Waals surface area contributed by atoms with Gasteiger partial charge in [-0.1, -0.05) is 18.2 Å². The van der Waals surface area contributed by atoms with Crippen LogP contribution in [0.25, 0.3) is 0 Å². The van der Waals surface area contributed by atoms with Crippen LogP contribution in [0.4, 0.5) is 0 Å². The highest BCUT2D eigenvalue weighted by molar-refractivity contribution is 5.89. The molecule has 0 amide bonds. The quantitative estimate of drug-likeness (QED) is 0.717. The lowest BCUT2D eigenvalue weighted by Crippen LogP contribution is -2.24. The van der Waals surface area contributed by atoms with Gasteiger partial charge in [-0.3, -0.25) is 0 Å². The first kappa shape index (κ1) is 11.1. The average molecular weight is 222 g/mol. The van der Waals surface area contributed by atoms with Gasteiger partial charge < -0.3 is 14.2 Å². The number of ether oxygens (including phenoxy) is 3. The van der Waals surface area contributed by atoms with Gasteiger partial charge >= 0.3 is 5.97 Å². The molecule has 2 rings (SSSR count). The molecule has 86 valence electrons. The molecule has 0 aliphatic carbocycles. The van der Waals surface area contributed by atoms with E-state index in [0.29, 0.717) is 5.56 Å². The van der Waals surface area contributed by atoms with E-state index in [2.05, 4.69) is 0 Å². The molecule has 0 spiro atoms. The van der Waals surface area contributed by atoms with Gasteiger partial charge in [0.15, 0.2) is 5.79 Å². The maximum Gasteiger partial charge on any atom is 0.340 e. The first-order chi connectivity index (χ1) is 7.57. The van der Waals surface area contributed by atoms with Gasteiger partial charge in [0, 0.05) is 0 Å². The molecular weight excluding hydrogens is 208 g/mol. The molecule has 1 aromatic rings. The van der Waals surface area contributed by atoms with E-state index in [1.807, 2.05) is 6.07 Å². The van der Waals surface area contributed by atoms with Crippen molar-refractivity contribution < 1.29 is 19.0 Å². The summed E-state index contributed by atoms with van der Waals surface area (Å²) >= 11 is 0. The Morgan fingerprint density at radius 3 is 2.62 bits per heavy atom. The Labute approximate surface area is 94.1 Å². The van der Waals surface area contributed by atoms with E-state index in [4.69, 9.17) is 14.2 Å². The van der Waals surface area contributed by atoms with Crippen LogP contribution < -0.4 is 0 Å². The zero-order chi connectivity index (χ0) is 11.6. The van der Waals surface area contributed by atoms with Crippen molar-refractivity contribution in [2.45, 2.75) is 25.9 Å². The molecule has 1 atom stereocenters. The molecule has 0 radical (unpaired) electrons. The number of esters is 1. The fraction of sp³-hybridized carbons (Fsp3) is 0.417. The molecular formula is C12H14O4. The van der Waals surface area contributed by atoms with Crippen LogP contribution in [0.15, 0.2) is 30.3 Å². The van der Waals surface area contributed by atoms with E-state index in [1.165, 1.54) is 0 Å². The molecule has 1 saturated heterocycles. The van der Waals surface area contributed by atoms with Crippen molar-refractivity contribution in [2.75, 3.05) is 6.61 Å².